The van der Waals surface area contributed by atoms with E-state index in [-0.39, 0.29) is 12.4 Å². The molecule has 1 heterocycles. The Morgan fingerprint density at radius 2 is 1.91 bits per heavy atom. The van der Waals surface area contributed by atoms with Crippen LogP contribution >= 0.6 is 0 Å². The molecule has 1 atom stereocenters. The molecule has 3 rings (SSSR count). The van der Waals surface area contributed by atoms with Gasteiger partial charge >= 0.3 is 0 Å². The number of rotatable bonds is 15. The topological polar surface area (TPSA) is 69.0 Å². The minimum atomic E-state index is -0.697. The summed E-state index contributed by atoms with van der Waals surface area (Å²) in [5.74, 6) is 0.107. The summed E-state index contributed by atoms with van der Waals surface area (Å²) in [5.41, 5.74) is 2.47. The van der Waals surface area contributed by atoms with Crippen molar-refractivity contribution in [2.24, 2.45) is 0 Å². The third-order valence-electron chi connectivity index (χ3n) is 5.41. The van der Waals surface area contributed by atoms with Crippen LogP contribution in [-0.4, -0.2) is 65.9 Å². The van der Waals surface area contributed by atoms with Crippen LogP contribution in [0.4, 0.5) is 4.39 Å². The summed E-state index contributed by atoms with van der Waals surface area (Å²) in [6.07, 6.45) is 1.61. The van der Waals surface area contributed by atoms with Crippen LogP contribution < -0.4 is 4.74 Å². The fourth-order valence-corrected chi connectivity index (χ4v) is 3.72. The fraction of sp³-hybridized carbons (Fsp3) is 0.370. The van der Waals surface area contributed by atoms with Crippen LogP contribution in [0.15, 0.2) is 67.3 Å². The first-order chi connectivity index (χ1) is 17.1. The molecule has 35 heavy (non-hydrogen) atoms. The van der Waals surface area contributed by atoms with Gasteiger partial charge in [0.2, 0.25) is 5.88 Å². The Morgan fingerprint density at radius 1 is 1.17 bits per heavy atom. The van der Waals surface area contributed by atoms with Crippen molar-refractivity contribution in [2.75, 3.05) is 40.0 Å². The molecule has 3 aromatic rings. The molecule has 0 bridgehead atoms. The van der Waals surface area contributed by atoms with Crippen molar-refractivity contribution in [1.82, 2.24) is 14.7 Å². The van der Waals surface area contributed by atoms with E-state index in [1.54, 1.807) is 36.1 Å². The lowest BCUT2D eigenvalue weighted by molar-refractivity contribution is 0.0192. The number of methoxy groups -OCH3 is 1. The SMILES string of the molecule is C=CCOC[C@H](O)CN(CCOC)Cc1c(CC)nn(-c2ccccc2)c1Oc1ccccc1F. The fourth-order valence-electron chi connectivity index (χ4n) is 3.72. The number of hydrogen-bond acceptors (Lipinski definition) is 6. The Hall–Kier alpha value is -3.04. The third kappa shape index (κ3) is 7.47. The van der Waals surface area contributed by atoms with Crippen molar-refractivity contribution in [3.63, 3.8) is 0 Å². The second-order valence-electron chi connectivity index (χ2n) is 8.07. The molecule has 0 saturated carbocycles. The summed E-state index contributed by atoms with van der Waals surface area (Å²) < 4.78 is 33.1. The van der Waals surface area contributed by atoms with Crippen LogP contribution in [0.5, 0.6) is 11.6 Å². The number of nitrogens with zero attached hydrogens (tertiary/aromatic N) is 3. The van der Waals surface area contributed by atoms with Gasteiger partial charge in [0.25, 0.3) is 0 Å². The number of para-hydroxylation sites is 2. The van der Waals surface area contributed by atoms with Crippen LogP contribution in [0.25, 0.3) is 5.69 Å². The Labute approximate surface area is 206 Å². The third-order valence-corrected chi connectivity index (χ3v) is 5.41. The summed E-state index contributed by atoms with van der Waals surface area (Å²) in [5, 5.41) is 15.3. The average molecular weight is 484 g/mol. The zero-order valence-corrected chi connectivity index (χ0v) is 20.4. The van der Waals surface area contributed by atoms with Gasteiger partial charge < -0.3 is 19.3 Å². The highest BCUT2D eigenvalue weighted by atomic mass is 19.1. The van der Waals surface area contributed by atoms with Gasteiger partial charge in [-0.3, -0.25) is 4.90 Å². The van der Waals surface area contributed by atoms with E-state index in [0.717, 1.165) is 16.9 Å². The Kier molecular flexibility index (Phi) is 10.4. The lowest BCUT2D eigenvalue weighted by Gasteiger charge is -2.25. The summed E-state index contributed by atoms with van der Waals surface area (Å²) in [7, 11) is 1.64. The molecule has 0 unspecified atom stereocenters. The molecule has 1 aromatic heterocycles. The normalized spacial score (nSPS) is 12.1. The molecule has 2 aromatic carbocycles. The smallest absolute Gasteiger partial charge is 0.227 e. The summed E-state index contributed by atoms with van der Waals surface area (Å²) in [4.78, 5) is 2.06. The summed E-state index contributed by atoms with van der Waals surface area (Å²) in [6.45, 7) is 8.07. The number of aryl methyl sites for hydroxylation is 1. The number of aliphatic hydroxyl groups excluding tert-OH is 1. The first kappa shape index (κ1) is 26.6. The molecule has 8 heteroatoms. The quantitative estimate of drug-likeness (QED) is 0.256. The second kappa shape index (κ2) is 13.7. The summed E-state index contributed by atoms with van der Waals surface area (Å²) >= 11 is 0. The first-order valence-electron chi connectivity index (χ1n) is 11.7. The van der Waals surface area contributed by atoms with Gasteiger partial charge in [-0.15, -0.1) is 6.58 Å². The van der Waals surface area contributed by atoms with E-state index in [1.807, 2.05) is 37.3 Å². The van der Waals surface area contributed by atoms with Crippen LogP contribution in [0, 0.1) is 5.82 Å². The highest BCUT2D eigenvalue weighted by Gasteiger charge is 2.24. The zero-order chi connectivity index (χ0) is 25.0. The molecule has 1 N–H and O–H groups in total. The van der Waals surface area contributed by atoms with Crippen molar-refractivity contribution in [3.8, 4) is 17.3 Å². The molecule has 0 spiro atoms. The highest BCUT2D eigenvalue weighted by Crippen LogP contribution is 2.33. The Balaban J connectivity index is 1.98. The molecular formula is C27H34FN3O4. The number of aromatic nitrogens is 2. The van der Waals surface area contributed by atoms with Crippen LogP contribution in [0.3, 0.4) is 0 Å². The van der Waals surface area contributed by atoms with Crippen LogP contribution in [-0.2, 0) is 22.4 Å². The molecule has 0 radical (unpaired) electrons. The molecule has 0 fully saturated rings. The molecule has 0 aliphatic carbocycles. The largest absolute Gasteiger partial charge is 0.435 e. The number of aliphatic hydroxyl groups is 1. The predicted octanol–water partition coefficient (Wildman–Crippen LogP) is 4.38. The molecule has 7 nitrogen and oxygen atoms in total. The van der Waals surface area contributed by atoms with E-state index in [1.165, 1.54) is 6.07 Å². The van der Waals surface area contributed by atoms with E-state index in [0.29, 0.717) is 45.1 Å². The Morgan fingerprint density at radius 3 is 2.60 bits per heavy atom. The number of ether oxygens (including phenoxy) is 3. The molecular weight excluding hydrogens is 449 g/mol. The molecule has 188 valence electrons. The predicted molar refractivity (Wildman–Crippen MR) is 134 cm³/mol. The van der Waals surface area contributed by atoms with Gasteiger partial charge in [0.05, 0.1) is 42.9 Å². The van der Waals surface area contributed by atoms with Crippen molar-refractivity contribution in [3.05, 3.63) is 84.3 Å². The first-order valence-corrected chi connectivity index (χ1v) is 11.7. The maximum atomic E-state index is 14.5. The van der Waals surface area contributed by atoms with Crippen molar-refractivity contribution < 1.29 is 23.7 Å². The van der Waals surface area contributed by atoms with E-state index in [2.05, 4.69) is 11.5 Å². The van der Waals surface area contributed by atoms with E-state index >= 15 is 0 Å². The van der Waals surface area contributed by atoms with Crippen molar-refractivity contribution in [1.29, 1.82) is 0 Å². The highest BCUT2D eigenvalue weighted by molar-refractivity contribution is 5.44. The summed E-state index contributed by atoms with van der Waals surface area (Å²) in [6, 6.07) is 15.9. The van der Waals surface area contributed by atoms with Gasteiger partial charge in [-0.2, -0.15) is 5.10 Å². The standard InChI is InChI=1S/C27H34FN3O4/c1-4-16-34-20-22(32)18-30(15-17-33-3)19-23-25(5-2)29-31(21-11-7-6-8-12-21)27(23)35-26-14-10-9-13-24(26)28/h4,6-14,22,32H,1,5,15-20H2,2-3H3/t22-/m1/s1. The molecule has 0 amide bonds. The van der Waals surface area contributed by atoms with Gasteiger partial charge in [0, 0.05) is 26.7 Å². The lowest BCUT2D eigenvalue weighted by atomic mass is 10.1. The minimum Gasteiger partial charge on any atom is -0.435 e. The van der Waals surface area contributed by atoms with Crippen molar-refractivity contribution >= 4 is 0 Å². The van der Waals surface area contributed by atoms with Gasteiger partial charge in [0.15, 0.2) is 11.6 Å². The van der Waals surface area contributed by atoms with Crippen LogP contribution in [0.2, 0.25) is 0 Å². The number of benzene rings is 2. The average Bonchev–Trinajstić information content (AvgIpc) is 3.21. The van der Waals surface area contributed by atoms with E-state index in [9.17, 15) is 9.50 Å². The van der Waals surface area contributed by atoms with Crippen molar-refractivity contribution in [2.45, 2.75) is 26.0 Å². The van der Waals surface area contributed by atoms with Gasteiger partial charge in [-0.25, -0.2) is 9.07 Å². The van der Waals surface area contributed by atoms with E-state index < -0.39 is 11.9 Å². The lowest BCUT2D eigenvalue weighted by Crippen LogP contribution is -2.36. The molecule has 0 aliphatic heterocycles. The minimum absolute atomic E-state index is 0.120. The maximum absolute atomic E-state index is 14.5. The van der Waals surface area contributed by atoms with Gasteiger partial charge in [-0.05, 0) is 30.7 Å². The molecule has 0 aliphatic rings. The molecule has 0 saturated heterocycles. The second-order valence-corrected chi connectivity index (χ2v) is 8.07. The zero-order valence-electron chi connectivity index (χ0n) is 20.4. The number of halogens is 1. The van der Waals surface area contributed by atoms with E-state index in [4.69, 9.17) is 19.3 Å². The monoisotopic (exact) mass is 483 g/mol. The van der Waals surface area contributed by atoms with Gasteiger partial charge in [0.1, 0.15) is 0 Å². The maximum Gasteiger partial charge on any atom is 0.227 e. The van der Waals surface area contributed by atoms with Crippen LogP contribution in [0.1, 0.15) is 18.2 Å². The van der Waals surface area contributed by atoms with Gasteiger partial charge in [-0.1, -0.05) is 43.3 Å². The number of hydrogen-bond donors (Lipinski definition) is 1. The Bertz CT molecular complexity index is 1060.